The molecule has 0 aromatic heterocycles. The number of allylic oxidation sites excluding steroid dienone is 2. The predicted octanol–water partition coefficient (Wildman–Crippen LogP) is 2.93. The molecule has 1 aliphatic heterocycles. The molecule has 0 amide bonds. The van der Waals surface area contributed by atoms with Crippen molar-refractivity contribution in [2.24, 2.45) is 11.1 Å². The first-order valence-corrected chi connectivity index (χ1v) is 8.01. The highest BCUT2D eigenvalue weighted by atomic mass is 19.1. The molecule has 0 fully saturated rings. The van der Waals surface area contributed by atoms with Crippen LogP contribution in [0.4, 0.5) is 4.39 Å². The van der Waals surface area contributed by atoms with E-state index in [1.54, 1.807) is 18.2 Å². The van der Waals surface area contributed by atoms with Gasteiger partial charge in [0, 0.05) is 24.0 Å². The van der Waals surface area contributed by atoms with E-state index in [9.17, 15) is 14.0 Å². The monoisotopic (exact) mass is 345 g/mol. The first kappa shape index (κ1) is 17.2. The average Bonchev–Trinajstić information content (AvgIpc) is 2.52. The van der Waals surface area contributed by atoms with E-state index in [0.717, 1.165) is 0 Å². The number of Topliss-reactive ketones (excluding diaryl/α,β-unsaturated/α-hetero) is 1. The molecule has 0 bridgehead atoms. The Bertz CT molecular complexity index is 822. The molecule has 0 saturated heterocycles. The smallest absolute Gasteiger partial charge is 0.340 e. The van der Waals surface area contributed by atoms with Crippen molar-refractivity contribution in [2.75, 3.05) is 7.11 Å². The number of rotatable bonds is 2. The summed E-state index contributed by atoms with van der Waals surface area (Å²) in [5, 5.41) is 0. The number of nitrogens with two attached hydrogens (primary N) is 1. The maximum atomic E-state index is 14.5. The molecule has 1 atom stereocenters. The van der Waals surface area contributed by atoms with Crippen LogP contribution in [0.25, 0.3) is 0 Å². The van der Waals surface area contributed by atoms with Crippen LogP contribution in [-0.2, 0) is 19.1 Å². The molecule has 1 unspecified atom stereocenters. The van der Waals surface area contributed by atoms with E-state index in [1.807, 2.05) is 13.8 Å². The van der Waals surface area contributed by atoms with Crippen molar-refractivity contribution in [1.29, 1.82) is 0 Å². The van der Waals surface area contributed by atoms with Gasteiger partial charge in [0.15, 0.2) is 5.78 Å². The normalized spacial score (nSPS) is 22.4. The molecule has 132 valence electrons. The van der Waals surface area contributed by atoms with Crippen molar-refractivity contribution in [2.45, 2.75) is 32.6 Å². The van der Waals surface area contributed by atoms with Crippen LogP contribution in [0, 0.1) is 11.2 Å². The van der Waals surface area contributed by atoms with Gasteiger partial charge in [0.1, 0.15) is 17.1 Å². The van der Waals surface area contributed by atoms with Gasteiger partial charge < -0.3 is 15.2 Å². The van der Waals surface area contributed by atoms with Gasteiger partial charge in [-0.3, -0.25) is 4.79 Å². The average molecular weight is 345 g/mol. The second-order valence-corrected chi connectivity index (χ2v) is 7.10. The minimum atomic E-state index is -0.930. The number of ketones is 1. The van der Waals surface area contributed by atoms with E-state index < -0.39 is 17.7 Å². The Balaban J connectivity index is 2.24. The maximum Gasteiger partial charge on any atom is 0.340 e. The van der Waals surface area contributed by atoms with Gasteiger partial charge in [-0.1, -0.05) is 32.0 Å². The van der Waals surface area contributed by atoms with Crippen LogP contribution >= 0.6 is 0 Å². The van der Waals surface area contributed by atoms with Crippen LogP contribution in [-0.4, -0.2) is 18.9 Å². The summed E-state index contributed by atoms with van der Waals surface area (Å²) in [7, 11) is 1.21. The van der Waals surface area contributed by atoms with Crippen LogP contribution < -0.4 is 5.73 Å². The Morgan fingerprint density at radius 2 is 2.00 bits per heavy atom. The lowest BCUT2D eigenvalue weighted by molar-refractivity contribution is -0.136. The minimum Gasteiger partial charge on any atom is -0.465 e. The summed E-state index contributed by atoms with van der Waals surface area (Å²) in [4.78, 5) is 25.1. The summed E-state index contributed by atoms with van der Waals surface area (Å²) in [5.41, 5.74) is 6.12. The topological polar surface area (TPSA) is 78.6 Å². The lowest BCUT2D eigenvalue weighted by Crippen LogP contribution is -2.35. The third kappa shape index (κ3) is 2.92. The van der Waals surface area contributed by atoms with Gasteiger partial charge in [-0.2, -0.15) is 0 Å². The predicted molar refractivity (Wildman–Crippen MR) is 88.5 cm³/mol. The molecule has 2 aliphatic rings. The zero-order valence-electron chi connectivity index (χ0n) is 14.4. The molecule has 1 aromatic carbocycles. The van der Waals surface area contributed by atoms with Gasteiger partial charge in [-0.05, 0) is 11.5 Å². The molecule has 2 N–H and O–H groups in total. The summed E-state index contributed by atoms with van der Waals surface area (Å²) in [6.45, 7) is 3.90. The van der Waals surface area contributed by atoms with Crippen LogP contribution in [0.5, 0.6) is 0 Å². The van der Waals surface area contributed by atoms with Crippen molar-refractivity contribution in [3.63, 3.8) is 0 Å². The molecular weight excluding hydrogens is 325 g/mol. The number of benzene rings is 1. The van der Waals surface area contributed by atoms with E-state index in [0.29, 0.717) is 17.8 Å². The van der Waals surface area contributed by atoms with Crippen molar-refractivity contribution < 1.29 is 23.5 Å². The fraction of sp³-hybridized carbons (Fsp3) is 0.368. The van der Waals surface area contributed by atoms with Crippen LogP contribution in [0.2, 0.25) is 0 Å². The SMILES string of the molecule is COC(=O)C1=C(N)OC2=C(C(=O)CC(C)(C)C2)C1c1ccccc1F. The Kier molecular flexibility index (Phi) is 4.14. The maximum absolute atomic E-state index is 14.5. The van der Waals surface area contributed by atoms with Gasteiger partial charge in [0.25, 0.3) is 0 Å². The summed E-state index contributed by atoms with van der Waals surface area (Å²) < 4.78 is 24.9. The lowest BCUT2D eigenvalue weighted by atomic mass is 9.70. The van der Waals surface area contributed by atoms with Gasteiger partial charge >= 0.3 is 5.97 Å². The van der Waals surface area contributed by atoms with Crippen molar-refractivity contribution >= 4 is 11.8 Å². The summed E-state index contributed by atoms with van der Waals surface area (Å²) >= 11 is 0. The van der Waals surface area contributed by atoms with Crippen LogP contribution in [0.3, 0.4) is 0 Å². The molecule has 1 heterocycles. The first-order valence-electron chi connectivity index (χ1n) is 8.01. The van der Waals surface area contributed by atoms with E-state index in [4.69, 9.17) is 15.2 Å². The lowest BCUT2D eigenvalue weighted by Gasteiger charge is -2.37. The first-order chi connectivity index (χ1) is 11.7. The number of esters is 1. The van der Waals surface area contributed by atoms with Gasteiger partial charge in [0.05, 0.1) is 13.0 Å². The van der Waals surface area contributed by atoms with E-state index in [2.05, 4.69) is 0 Å². The Labute approximate surface area is 145 Å². The Hall–Kier alpha value is -2.63. The highest BCUT2D eigenvalue weighted by Crippen LogP contribution is 2.48. The Morgan fingerprint density at radius 1 is 1.32 bits per heavy atom. The summed E-state index contributed by atoms with van der Waals surface area (Å²) in [6.07, 6.45) is 0.767. The summed E-state index contributed by atoms with van der Waals surface area (Å²) in [5.74, 6) is -2.11. The van der Waals surface area contributed by atoms with E-state index >= 15 is 0 Å². The van der Waals surface area contributed by atoms with E-state index in [-0.39, 0.29) is 34.6 Å². The molecule has 0 spiro atoms. The molecule has 1 aromatic rings. The second kappa shape index (κ2) is 6.02. The fourth-order valence-corrected chi connectivity index (χ4v) is 3.51. The van der Waals surface area contributed by atoms with Crippen LogP contribution in [0.15, 0.2) is 47.1 Å². The number of carbonyl (C=O) groups is 2. The standard InChI is InChI=1S/C19H20FNO4/c1-19(2)8-12(22)15-13(9-19)25-17(21)16(18(23)24-3)14(15)10-6-4-5-7-11(10)20/h4-7,14H,8-9,21H2,1-3H3. The molecular formula is C19H20FNO4. The molecule has 6 heteroatoms. The largest absolute Gasteiger partial charge is 0.465 e. The molecule has 25 heavy (non-hydrogen) atoms. The quantitative estimate of drug-likeness (QED) is 0.834. The zero-order chi connectivity index (χ0) is 18.4. The third-order valence-electron chi connectivity index (χ3n) is 4.58. The Morgan fingerprint density at radius 3 is 2.64 bits per heavy atom. The number of halogens is 1. The number of carbonyl (C=O) groups excluding carboxylic acids is 2. The number of hydrogen-bond donors (Lipinski definition) is 1. The minimum absolute atomic E-state index is 0.0422. The molecule has 0 saturated carbocycles. The highest BCUT2D eigenvalue weighted by molar-refractivity contribution is 6.03. The number of ether oxygens (including phenoxy) is 2. The number of methoxy groups -OCH3 is 1. The second-order valence-electron chi connectivity index (χ2n) is 7.10. The van der Waals surface area contributed by atoms with Gasteiger partial charge in [-0.25, -0.2) is 9.18 Å². The van der Waals surface area contributed by atoms with Crippen molar-refractivity contribution in [3.8, 4) is 0 Å². The molecule has 5 nitrogen and oxygen atoms in total. The van der Waals surface area contributed by atoms with Gasteiger partial charge in [0.2, 0.25) is 5.88 Å². The van der Waals surface area contributed by atoms with Crippen molar-refractivity contribution in [1.82, 2.24) is 0 Å². The van der Waals surface area contributed by atoms with Crippen LogP contribution in [0.1, 0.15) is 38.2 Å². The zero-order valence-corrected chi connectivity index (χ0v) is 14.4. The van der Waals surface area contributed by atoms with Gasteiger partial charge in [-0.15, -0.1) is 0 Å². The fourth-order valence-electron chi connectivity index (χ4n) is 3.51. The third-order valence-corrected chi connectivity index (χ3v) is 4.58. The number of hydrogen-bond acceptors (Lipinski definition) is 5. The highest BCUT2D eigenvalue weighted by Gasteiger charge is 2.45. The van der Waals surface area contributed by atoms with E-state index in [1.165, 1.54) is 13.2 Å². The molecule has 3 rings (SSSR count). The summed E-state index contributed by atoms with van der Waals surface area (Å²) in [6, 6.07) is 6.02. The molecule has 1 aliphatic carbocycles. The molecule has 0 radical (unpaired) electrons. The van der Waals surface area contributed by atoms with Crippen molar-refractivity contribution in [3.05, 3.63) is 58.4 Å².